The van der Waals surface area contributed by atoms with Crippen LogP contribution in [0, 0.1) is 0 Å². The number of aromatic nitrogens is 4. The maximum Gasteiger partial charge on any atom is 0.277 e. The van der Waals surface area contributed by atoms with Gasteiger partial charge in [0.1, 0.15) is 5.75 Å². The number of nitrogens with zero attached hydrogens (tertiary/aromatic N) is 4. The Bertz CT molecular complexity index is 805. The maximum atomic E-state index is 5.62. The lowest BCUT2D eigenvalue weighted by Gasteiger charge is -2.10. The average molecular weight is 346 g/mol. The van der Waals surface area contributed by atoms with Gasteiger partial charge in [-0.05, 0) is 24.3 Å². The van der Waals surface area contributed by atoms with Gasteiger partial charge in [0.25, 0.3) is 5.22 Å². The fourth-order valence-corrected chi connectivity index (χ4v) is 2.47. The molecule has 0 aliphatic heterocycles. The van der Waals surface area contributed by atoms with Crippen LogP contribution in [0.1, 0.15) is 32.6 Å². The monoisotopic (exact) mass is 346 g/mol. The Morgan fingerprint density at radius 3 is 2.50 bits per heavy atom. The summed E-state index contributed by atoms with van der Waals surface area (Å²) in [6, 6.07) is 7.47. The van der Waals surface area contributed by atoms with Crippen LogP contribution in [-0.4, -0.2) is 27.4 Å². The van der Waals surface area contributed by atoms with Crippen molar-refractivity contribution in [3.8, 4) is 17.1 Å². The molecule has 0 amide bonds. The van der Waals surface area contributed by atoms with Crippen molar-refractivity contribution in [1.82, 2.24) is 20.3 Å². The minimum atomic E-state index is -0.169. The first-order valence-corrected chi connectivity index (χ1v) is 8.38. The minimum absolute atomic E-state index is 0.169. The average Bonchev–Trinajstić information content (AvgIpc) is 3.22. The summed E-state index contributed by atoms with van der Waals surface area (Å²) in [6.07, 6.45) is 0. The van der Waals surface area contributed by atoms with Crippen molar-refractivity contribution in [1.29, 1.82) is 0 Å². The quantitative estimate of drug-likeness (QED) is 0.646. The Hall–Kier alpha value is -2.35. The molecule has 0 saturated carbocycles. The summed E-state index contributed by atoms with van der Waals surface area (Å²) in [5, 5.41) is 12.6. The predicted molar refractivity (Wildman–Crippen MR) is 88.8 cm³/mol. The molecule has 2 aromatic heterocycles. The van der Waals surface area contributed by atoms with E-state index in [1.165, 1.54) is 11.8 Å². The molecular weight excluding hydrogens is 328 g/mol. The van der Waals surface area contributed by atoms with Crippen molar-refractivity contribution in [2.24, 2.45) is 0 Å². The van der Waals surface area contributed by atoms with Crippen LogP contribution in [0.3, 0.4) is 0 Å². The smallest absolute Gasteiger partial charge is 0.277 e. The predicted octanol–water partition coefficient (Wildman–Crippen LogP) is 3.72. The molecule has 8 heteroatoms. The number of ether oxygens (including phenoxy) is 1. The van der Waals surface area contributed by atoms with E-state index in [1.54, 1.807) is 7.11 Å². The van der Waals surface area contributed by atoms with Gasteiger partial charge in [0, 0.05) is 11.0 Å². The van der Waals surface area contributed by atoms with Gasteiger partial charge >= 0.3 is 0 Å². The molecule has 0 N–H and O–H groups in total. The van der Waals surface area contributed by atoms with E-state index in [0.717, 1.165) is 11.3 Å². The molecule has 2 heterocycles. The van der Waals surface area contributed by atoms with Gasteiger partial charge in [0.05, 0.1) is 12.9 Å². The van der Waals surface area contributed by atoms with Crippen LogP contribution in [0.15, 0.2) is 38.4 Å². The summed E-state index contributed by atoms with van der Waals surface area (Å²) in [5.74, 6) is 2.89. The van der Waals surface area contributed by atoms with Gasteiger partial charge in [0.2, 0.25) is 17.6 Å². The van der Waals surface area contributed by atoms with Crippen LogP contribution in [0.4, 0.5) is 0 Å². The number of hydrogen-bond donors (Lipinski definition) is 0. The highest BCUT2D eigenvalue weighted by atomic mass is 32.2. The third-order valence-corrected chi connectivity index (χ3v) is 3.99. The fourth-order valence-electron chi connectivity index (χ4n) is 1.87. The minimum Gasteiger partial charge on any atom is -0.497 e. The lowest BCUT2D eigenvalue weighted by molar-refractivity contribution is 0.346. The van der Waals surface area contributed by atoms with Crippen molar-refractivity contribution in [3.63, 3.8) is 0 Å². The van der Waals surface area contributed by atoms with Crippen molar-refractivity contribution in [2.75, 3.05) is 7.11 Å². The van der Waals surface area contributed by atoms with Gasteiger partial charge in [-0.2, -0.15) is 4.98 Å². The Labute approximate surface area is 143 Å². The summed E-state index contributed by atoms with van der Waals surface area (Å²) in [6.45, 7) is 6.07. The van der Waals surface area contributed by atoms with Crippen LogP contribution in [0.25, 0.3) is 11.4 Å². The Balaban J connectivity index is 1.64. The topological polar surface area (TPSA) is 87.1 Å². The molecule has 7 nitrogen and oxygen atoms in total. The van der Waals surface area contributed by atoms with Crippen LogP contribution >= 0.6 is 11.8 Å². The molecular formula is C16H18N4O3S. The van der Waals surface area contributed by atoms with Gasteiger partial charge in [-0.15, -0.1) is 10.2 Å². The zero-order valence-corrected chi connectivity index (χ0v) is 14.8. The van der Waals surface area contributed by atoms with Crippen LogP contribution in [-0.2, 0) is 11.2 Å². The van der Waals surface area contributed by atoms with Gasteiger partial charge < -0.3 is 13.7 Å². The van der Waals surface area contributed by atoms with Gasteiger partial charge in [-0.1, -0.05) is 37.7 Å². The third kappa shape index (κ3) is 3.76. The molecule has 3 rings (SSSR count). The normalized spacial score (nSPS) is 11.7. The standard InChI is InChI=1S/C16H18N4O3S/c1-16(2,3)14-18-19-15(22-14)24-9-12-17-13(20-23-12)10-5-7-11(21-4)8-6-10/h5-8H,9H2,1-4H3. The summed E-state index contributed by atoms with van der Waals surface area (Å²) < 4.78 is 16.0. The van der Waals surface area contributed by atoms with E-state index >= 15 is 0 Å². The van der Waals surface area contributed by atoms with E-state index in [1.807, 2.05) is 45.0 Å². The molecule has 0 fully saturated rings. The molecule has 0 aliphatic carbocycles. The highest BCUT2D eigenvalue weighted by Gasteiger charge is 2.22. The number of methoxy groups -OCH3 is 1. The molecule has 24 heavy (non-hydrogen) atoms. The number of rotatable bonds is 5. The first-order chi connectivity index (χ1) is 11.5. The Morgan fingerprint density at radius 1 is 1.12 bits per heavy atom. The highest BCUT2D eigenvalue weighted by molar-refractivity contribution is 7.98. The van der Waals surface area contributed by atoms with Gasteiger partial charge in [0.15, 0.2) is 0 Å². The SMILES string of the molecule is COc1ccc(-c2noc(CSc3nnc(C(C)(C)C)o3)n2)cc1. The van der Waals surface area contributed by atoms with Crippen LogP contribution < -0.4 is 4.74 Å². The molecule has 126 valence electrons. The molecule has 0 bridgehead atoms. The lowest BCUT2D eigenvalue weighted by Crippen LogP contribution is -2.11. The summed E-state index contributed by atoms with van der Waals surface area (Å²) >= 11 is 1.37. The third-order valence-electron chi connectivity index (χ3n) is 3.18. The van der Waals surface area contributed by atoms with Gasteiger partial charge in [-0.3, -0.25) is 0 Å². The molecule has 0 atom stereocenters. The van der Waals surface area contributed by atoms with E-state index in [2.05, 4.69) is 20.3 Å². The summed E-state index contributed by atoms with van der Waals surface area (Å²) in [4.78, 5) is 4.38. The molecule has 0 unspecified atom stereocenters. The number of hydrogen-bond acceptors (Lipinski definition) is 8. The molecule has 0 radical (unpaired) electrons. The van der Waals surface area contributed by atoms with E-state index in [0.29, 0.717) is 28.6 Å². The van der Waals surface area contributed by atoms with Gasteiger partial charge in [-0.25, -0.2) is 0 Å². The molecule has 3 aromatic rings. The van der Waals surface area contributed by atoms with Crippen molar-refractivity contribution in [2.45, 2.75) is 37.2 Å². The van der Waals surface area contributed by atoms with Crippen molar-refractivity contribution < 1.29 is 13.7 Å². The second-order valence-electron chi connectivity index (χ2n) is 6.15. The maximum absolute atomic E-state index is 5.62. The first kappa shape index (κ1) is 16.5. The van der Waals surface area contributed by atoms with Crippen molar-refractivity contribution in [3.05, 3.63) is 36.0 Å². The largest absolute Gasteiger partial charge is 0.497 e. The van der Waals surface area contributed by atoms with E-state index < -0.39 is 0 Å². The molecule has 0 spiro atoms. The van der Waals surface area contributed by atoms with E-state index in [-0.39, 0.29) is 5.41 Å². The number of benzene rings is 1. The van der Waals surface area contributed by atoms with Crippen LogP contribution in [0.5, 0.6) is 5.75 Å². The molecule has 1 aromatic carbocycles. The molecule has 0 aliphatic rings. The Kier molecular flexibility index (Phi) is 4.57. The second kappa shape index (κ2) is 6.64. The summed E-state index contributed by atoms with van der Waals surface area (Å²) in [5.41, 5.74) is 0.696. The first-order valence-electron chi connectivity index (χ1n) is 7.39. The number of thioether (sulfide) groups is 1. The van der Waals surface area contributed by atoms with E-state index in [9.17, 15) is 0 Å². The summed E-state index contributed by atoms with van der Waals surface area (Å²) in [7, 11) is 1.63. The second-order valence-corrected chi connectivity index (χ2v) is 7.08. The highest BCUT2D eigenvalue weighted by Crippen LogP contribution is 2.27. The Morgan fingerprint density at radius 2 is 1.88 bits per heavy atom. The zero-order chi connectivity index (χ0) is 17.2. The van der Waals surface area contributed by atoms with Crippen LogP contribution in [0.2, 0.25) is 0 Å². The van der Waals surface area contributed by atoms with E-state index in [4.69, 9.17) is 13.7 Å². The zero-order valence-electron chi connectivity index (χ0n) is 13.9. The molecule has 0 saturated heterocycles. The fraction of sp³-hybridized carbons (Fsp3) is 0.375. The lowest BCUT2D eigenvalue weighted by atomic mass is 9.97. The van der Waals surface area contributed by atoms with Crippen molar-refractivity contribution >= 4 is 11.8 Å².